The predicted molar refractivity (Wildman–Crippen MR) is 409 cm³/mol. The topological polar surface area (TPSA) is 237 Å². The van der Waals surface area contributed by atoms with Crippen molar-refractivity contribution in [3.05, 3.63) is 0 Å². The molecule has 7 atom stereocenters. The highest BCUT2D eigenvalue weighted by Crippen LogP contribution is 2.45. The summed E-state index contributed by atoms with van der Waals surface area (Å²) in [7, 11) is -9.92. The van der Waals surface area contributed by atoms with Crippen molar-refractivity contribution in [1.29, 1.82) is 0 Å². The summed E-state index contributed by atoms with van der Waals surface area (Å²) in [5.74, 6) is 1.04. The zero-order chi connectivity index (χ0) is 73.8. The SMILES string of the molecule is CCC(C)CCCCCCCCCCCCCCCCC(=O)O[C@H](COC(=O)CCCCCCCCCCCCCCCCC(C)C)COP(=O)(O)OC[C@@H](O)COP(=O)(O)OC[C@@H](COC(=O)CCCCCCCCC(C)CC)OC(=O)CCCCCCCCCCCCCCC(C)C. The first-order valence-electron chi connectivity index (χ1n) is 41.8. The smallest absolute Gasteiger partial charge is 0.462 e. The van der Waals surface area contributed by atoms with Gasteiger partial charge in [-0.25, -0.2) is 9.13 Å². The number of carbonyl (C=O) groups is 4. The van der Waals surface area contributed by atoms with Crippen LogP contribution >= 0.6 is 15.6 Å². The zero-order valence-corrected chi connectivity index (χ0v) is 67.6. The van der Waals surface area contributed by atoms with Gasteiger partial charge in [-0.1, -0.05) is 364 Å². The molecule has 0 saturated carbocycles. The first-order valence-corrected chi connectivity index (χ1v) is 44.8. The molecule has 0 aromatic heterocycles. The molecule has 3 N–H and O–H groups in total. The number of carbonyl (C=O) groups excluding carboxylic acids is 4. The number of aliphatic hydroxyl groups excluding tert-OH is 1. The fourth-order valence-electron chi connectivity index (χ4n) is 12.4. The molecule has 0 heterocycles. The maximum Gasteiger partial charge on any atom is 0.472 e. The number of phosphoric acid groups is 2. The van der Waals surface area contributed by atoms with E-state index >= 15 is 0 Å². The second kappa shape index (κ2) is 70.1. The summed E-state index contributed by atoms with van der Waals surface area (Å²) in [5.41, 5.74) is 0. The summed E-state index contributed by atoms with van der Waals surface area (Å²) in [6, 6.07) is 0. The van der Waals surface area contributed by atoms with Crippen LogP contribution in [0.4, 0.5) is 0 Å². The van der Waals surface area contributed by atoms with Crippen molar-refractivity contribution in [1.82, 2.24) is 0 Å². The van der Waals surface area contributed by atoms with Crippen molar-refractivity contribution < 1.29 is 80.2 Å². The van der Waals surface area contributed by atoms with Gasteiger partial charge in [-0.15, -0.1) is 0 Å². The number of hydrogen-bond acceptors (Lipinski definition) is 15. The van der Waals surface area contributed by atoms with Gasteiger partial charge in [0.05, 0.1) is 26.4 Å². The molecule has 0 saturated heterocycles. The molecule has 0 aliphatic carbocycles. The minimum absolute atomic E-state index is 0.106. The number of hydrogen-bond donors (Lipinski definition) is 3. The van der Waals surface area contributed by atoms with Crippen LogP contribution in [-0.2, 0) is 65.4 Å². The van der Waals surface area contributed by atoms with Crippen LogP contribution in [0.2, 0.25) is 0 Å². The van der Waals surface area contributed by atoms with Crippen LogP contribution in [0.15, 0.2) is 0 Å². The third kappa shape index (κ3) is 71.7. The van der Waals surface area contributed by atoms with E-state index < -0.39 is 97.5 Å². The van der Waals surface area contributed by atoms with Gasteiger partial charge in [0, 0.05) is 25.7 Å². The molecule has 594 valence electrons. The van der Waals surface area contributed by atoms with Gasteiger partial charge >= 0.3 is 39.5 Å². The summed E-state index contributed by atoms with van der Waals surface area (Å²) >= 11 is 0. The van der Waals surface area contributed by atoms with Gasteiger partial charge in [0.25, 0.3) is 0 Å². The Hall–Kier alpha value is -1.94. The van der Waals surface area contributed by atoms with Crippen LogP contribution in [0.25, 0.3) is 0 Å². The Morgan fingerprint density at radius 2 is 0.480 bits per heavy atom. The van der Waals surface area contributed by atoms with E-state index in [-0.39, 0.29) is 25.7 Å². The fraction of sp³-hybridized carbons (Fsp3) is 0.951. The predicted octanol–water partition coefficient (Wildman–Crippen LogP) is 24.0. The average molecular weight is 1470 g/mol. The standard InChI is InChI=1S/C81H158O17P2/c1-9-73(7)59-51-43-35-29-23-16-12-14-18-25-31-37-47-55-63-80(85)97-76(67-91-78(83)61-53-45-36-30-24-17-13-11-15-21-27-33-41-49-57-71(3)4)69-95-99(87,88)93-65-75(82)66-94-100(89,90)96-70-77(68-92-79(84)62-54-46-40-39-44-52-60-74(8)10-2)98-81(86)64-56-48-38-32-26-20-19-22-28-34-42-50-58-72(5)6/h71-77,82H,9-70H2,1-8H3,(H,87,88)(H,89,90)/t73?,74?,75-,76-,77-/m1/s1. The molecule has 19 heteroatoms. The lowest BCUT2D eigenvalue weighted by Crippen LogP contribution is -2.30. The van der Waals surface area contributed by atoms with E-state index in [1.54, 1.807) is 0 Å². The van der Waals surface area contributed by atoms with Crippen molar-refractivity contribution in [2.45, 2.75) is 433 Å². The molecule has 17 nitrogen and oxygen atoms in total. The summed E-state index contributed by atoms with van der Waals surface area (Å²) in [4.78, 5) is 73.0. The number of rotatable bonds is 78. The Balaban J connectivity index is 5.26. The number of esters is 4. The minimum Gasteiger partial charge on any atom is -0.462 e. The van der Waals surface area contributed by atoms with Crippen LogP contribution < -0.4 is 0 Å². The molecular formula is C81H158O17P2. The molecule has 0 bridgehead atoms. The average Bonchev–Trinajstić information content (AvgIpc) is 0.976. The second-order valence-electron chi connectivity index (χ2n) is 30.6. The van der Waals surface area contributed by atoms with Crippen LogP contribution in [0, 0.1) is 23.7 Å². The largest absolute Gasteiger partial charge is 0.472 e. The third-order valence-electron chi connectivity index (χ3n) is 19.5. The van der Waals surface area contributed by atoms with Crippen molar-refractivity contribution >= 4 is 39.5 Å². The van der Waals surface area contributed by atoms with E-state index in [4.69, 9.17) is 37.0 Å². The number of unbranched alkanes of at least 4 members (excludes halogenated alkanes) is 42. The van der Waals surface area contributed by atoms with E-state index in [0.717, 1.165) is 120 Å². The first-order chi connectivity index (χ1) is 48.2. The molecule has 0 aromatic rings. The van der Waals surface area contributed by atoms with Gasteiger partial charge in [0.15, 0.2) is 12.2 Å². The first kappa shape index (κ1) is 98.1. The van der Waals surface area contributed by atoms with E-state index in [2.05, 4.69) is 55.4 Å². The lowest BCUT2D eigenvalue weighted by Gasteiger charge is -2.21. The van der Waals surface area contributed by atoms with Crippen molar-refractivity contribution in [2.75, 3.05) is 39.6 Å². The molecule has 0 rings (SSSR count). The summed E-state index contributed by atoms with van der Waals surface area (Å²) < 4.78 is 68.7. The van der Waals surface area contributed by atoms with E-state index in [1.165, 1.54) is 212 Å². The molecule has 100 heavy (non-hydrogen) atoms. The second-order valence-corrected chi connectivity index (χ2v) is 33.5. The summed E-state index contributed by atoms with van der Waals surface area (Å²) in [5, 5.41) is 10.6. The van der Waals surface area contributed by atoms with Gasteiger partial charge in [0.2, 0.25) is 0 Å². The van der Waals surface area contributed by atoms with Crippen LogP contribution in [-0.4, -0.2) is 96.7 Å². The molecule has 0 spiro atoms. The van der Waals surface area contributed by atoms with Gasteiger partial charge < -0.3 is 33.8 Å². The van der Waals surface area contributed by atoms with Crippen molar-refractivity contribution in [3.63, 3.8) is 0 Å². The summed E-state index contributed by atoms with van der Waals surface area (Å²) in [6.07, 6.45) is 56.8. The number of phosphoric ester groups is 2. The Bertz CT molecular complexity index is 1960. The highest BCUT2D eigenvalue weighted by atomic mass is 31.2. The molecular weight excluding hydrogens is 1310 g/mol. The number of ether oxygens (including phenoxy) is 4. The molecule has 0 fully saturated rings. The van der Waals surface area contributed by atoms with Crippen LogP contribution in [0.5, 0.6) is 0 Å². The van der Waals surface area contributed by atoms with Gasteiger partial charge in [-0.05, 0) is 49.4 Å². The molecule has 4 unspecified atom stereocenters. The lowest BCUT2D eigenvalue weighted by atomic mass is 9.99. The Morgan fingerprint density at radius 1 is 0.280 bits per heavy atom. The van der Waals surface area contributed by atoms with Crippen LogP contribution in [0.3, 0.4) is 0 Å². The Labute approximate surface area is 613 Å². The highest BCUT2D eigenvalue weighted by Gasteiger charge is 2.30. The van der Waals surface area contributed by atoms with E-state index in [0.29, 0.717) is 25.7 Å². The Kier molecular flexibility index (Phi) is 68.7. The molecule has 0 aliphatic rings. The van der Waals surface area contributed by atoms with Gasteiger partial charge in [-0.3, -0.25) is 37.3 Å². The summed E-state index contributed by atoms with van der Waals surface area (Å²) in [6.45, 7) is 14.3. The number of aliphatic hydroxyl groups is 1. The monoisotopic (exact) mass is 1470 g/mol. The Morgan fingerprint density at radius 3 is 0.710 bits per heavy atom. The molecule has 0 aromatic carbocycles. The minimum atomic E-state index is -4.96. The van der Waals surface area contributed by atoms with Crippen molar-refractivity contribution in [2.24, 2.45) is 23.7 Å². The third-order valence-corrected chi connectivity index (χ3v) is 21.4. The fourth-order valence-corrected chi connectivity index (χ4v) is 13.9. The molecule has 0 radical (unpaired) electrons. The molecule has 0 aliphatic heterocycles. The van der Waals surface area contributed by atoms with Gasteiger partial charge in [-0.2, -0.15) is 0 Å². The quantitative estimate of drug-likeness (QED) is 0.0222. The molecule has 0 amide bonds. The maximum atomic E-state index is 13.1. The normalized spacial score (nSPS) is 14.6. The van der Waals surface area contributed by atoms with E-state index in [1.807, 2.05) is 0 Å². The van der Waals surface area contributed by atoms with Gasteiger partial charge in [0.1, 0.15) is 19.3 Å². The lowest BCUT2D eigenvalue weighted by molar-refractivity contribution is -0.161. The van der Waals surface area contributed by atoms with Crippen LogP contribution in [0.1, 0.15) is 415 Å². The van der Waals surface area contributed by atoms with Crippen molar-refractivity contribution in [3.8, 4) is 0 Å². The maximum absolute atomic E-state index is 13.1. The van der Waals surface area contributed by atoms with E-state index in [9.17, 15) is 43.2 Å². The zero-order valence-electron chi connectivity index (χ0n) is 65.8. The highest BCUT2D eigenvalue weighted by molar-refractivity contribution is 7.47.